The van der Waals surface area contributed by atoms with Gasteiger partial charge in [0.15, 0.2) is 11.5 Å². The number of hydrogen-bond acceptors (Lipinski definition) is 6. The number of hydrogen-bond donors (Lipinski definition) is 2. The predicted octanol–water partition coefficient (Wildman–Crippen LogP) is 5.34. The second-order valence-corrected chi connectivity index (χ2v) is 9.09. The molecule has 0 saturated carbocycles. The monoisotopic (exact) mass is 475 g/mol. The molecule has 1 aliphatic heterocycles. The van der Waals surface area contributed by atoms with Gasteiger partial charge in [0.25, 0.3) is 5.91 Å². The van der Waals surface area contributed by atoms with E-state index in [1.165, 1.54) is 6.33 Å². The predicted molar refractivity (Wildman–Crippen MR) is 137 cm³/mol. The van der Waals surface area contributed by atoms with Gasteiger partial charge in [-0.1, -0.05) is 32.0 Å². The fraction of sp³-hybridized carbons (Fsp3) is 0.370. The molecule has 1 amide bonds. The molecule has 2 N–H and O–H groups in total. The van der Waals surface area contributed by atoms with Crippen LogP contribution in [0, 0.1) is 12.8 Å². The molecule has 1 atom stereocenters. The van der Waals surface area contributed by atoms with E-state index in [0.29, 0.717) is 42.2 Å². The molecule has 4 rings (SSSR count). The fourth-order valence-electron chi connectivity index (χ4n) is 4.10. The van der Waals surface area contributed by atoms with Crippen molar-refractivity contribution in [3.05, 3.63) is 71.2 Å². The van der Waals surface area contributed by atoms with Crippen molar-refractivity contribution in [3.8, 4) is 11.5 Å². The van der Waals surface area contributed by atoms with Crippen LogP contribution in [0.15, 0.2) is 60.1 Å². The van der Waals surface area contributed by atoms with Crippen molar-refractivity contribution >= 4 is 17.5 Å². The number of ether oxygens (including phenoxy) is 2. The molecule has 3 aromatic rings. The minimum absolute atomic E-state index is 0.206. The van der Waals surface area contributed by atoms with E-state index < -0.39 is 6.04 Å². The maximum Gasteiger partial charge on any atom is 0.255 e. The quantitative estimate of drug-likeness (QED) is 0.434. The summed E-state index contributed by atoms with van der Waals surface area (Å²) in [5.41, 5.74) is 3.94. The first kappa shape index (κ1) is 24.3. The third kappa shape index (κ3) is 5.48. The van der Waals surface area contributed by atoms with Crippen LogP contribution in [-0.2, 0) is 4.79 Å². The summed E-state index contributed by atoms with van der Waals surface area (Å²) in [5, 5.41) is 10.7. The van der Waals surface area contributed by atoms with E-state index in [1.54, 1.807) is 4.68 Å². The van der Waals surface area contributed by atoms with Crippen molar-refractivity contribution in [2.24, 2.45) is 5.92 Å². The van der Waals surface area contributed by atoms with Crippen molar-refractivity contribution in [2.45, 2.75) is 47.1 Å². The number of amides is 1. The summed E-state index contributed by atoms with van der Waals surface area (Å²) in [7, 11) is 0. The normalized spacial score (nSPS) is 15.0. The molecule has 1 aromatic heterocycles. The van der Waals surface area contributed by atoms with E-state index in [9.17, 15) is 4.79 Å². The van der Waals surface area contributed by atoms with E-state index in [1.807, 2.05) is 63.2 Å². The largest absolute Gasteiger partial charge is 0.490 e. The zero-order valence-electron chi connectivity index (χ0n) is 21.0. The Kier molecular flexibility index (Phi) is 7.39. The lowest BCUT2D eigenvalue weighted by molar-refractivity contribution is -0.113. The van der Waals surface area contributed by atoms with Crippen molar-refractivity contribution in [3.63, 3.8) is 0 Å². The Balaban J connectivity index is 1.73. The van der Waals surface area contributed by atoms with Crippen LogP contribution >= 0.6 is 0 Å². The van der Waals surface area contributed by atoms with Gasteiger partial charge in [-0.3, -0.25) is 4.79 Å². The molecule has 1 aliphatic rings. The number of allylic oxidation sites excluding steroid dienone is 1. The summed E-state index contributed by atoms with van der Waals surface area (Å²) in [6.07, 6.45) is 2.41. The molecule has 1 unspecified atom stereocenters. The van der Waals surface area contributed by atoms with Crippen molar-refractivity contribution < 1.29 is 14.3 Å². The highest BCUT2D eigenvalue weighted by atomic mass is 16.5. The van der Waals surface area contributed by atoms with Crippen molar-refractivity contribution in [1.82, 2.24) is 14.8 Å². The van der Waals surface area contributed by atoms with E-state index in [-0.39, 0.29) is 5.91 Å². The van der Waals surface area contributed by atoms with Gasteiger partial charge in [0, 0.05) is 11.4 Å². The molecule has 8 nitrogen and oxygen atoms in total. The van der Waals surface area contributed by atoms with Gasteiger partial charge in [0.2, 0.25) is 5.95 Å². The van der Waals surface area contributed by atoms with E-state index in [2.05, 4.69) is 34.6 Å². The zero-order valence-corrected chi connectivity index (χ0v) is 21.0. The summed E-state index contributed by atoms with van der Waals surface area (Å²) >= 11 is 0. The van der Waals surface area contributed by atoms with Gasteiger partial charge in [0.1, 0.15) is 12.4 Å². The smallest absolute Gasteiger partial charge is 0.255 e. The third-order valence-electron chi connectivity index (χ3n) is 5.85. The van der Waals surface area contributed by atoms with Crippen LogP contribution in [0.4, 0.5) is 11.6 Å². The van der Waals surface area contributed by atoms with Gasteiger partial charge < -0.3 is 20.1 Å². The molecule has 0 bridgehead atoms. The second kappa shape index (κ2) is 10.6. The molecule has 0 saturated heterocycles. The molecule has 0 aliphatic carbocycles. The molecule has 0 fully saturated rings. The number of carbonyl (C=O) groups is 1. The molecule has 0 spiro atoms. The lowest BCUT2D eigenvalue weighted by Gasteiger charge is -2.29. The Bertz CT molecular complexity index is 1230. The van der Waals surface area contributed by atoms with Crippen molar-refractivity contribution in [2.75, 3.05) is 23.8 Å². The number of aromatic nitrogens is 3. The number of carbonyl (C=O) groups excluding carboxylic acids is 1. The molecule has 8 heteroatoms. The van der Waals surface area contributed by atoms with Crippen LogP contribution in [-0.4, -0.2) is 33.9 Å². The fourth-order valence-corrected chi connectivity index (χ4v) is 4.10. The average Bonchev–Trinajstić information content (AvgIpc) is 3.27. The summed E-state index contributed by atoms with van der Waals surface area (Å²) in [5.74, 6) is 2.23. The highest BCUT2D eigenvalue weighted by molar-refractivity contribution is 6.06. The van der Waals surface area contributed by atoms with Crippen molar-refractivity contribution in [1.29, 1.82) is 0 Å². The van der Waals surface area contributed by atoms with Crippen LogP contribution < -0.4 is 20.1 Å². The molecule has 2 heterocycles. The van der Waals surface area contributed by atoms with Gasteiger partial charge in [-0.2, -0.15) is 10.1 Å². The van der Waals surface area contributed by atoms with E-state index in [4.69, 9.17) is 9.47 Å². The Labute approximate surface area is 206 Å². The van der Waals surface area contributed by atoms with Gasteiger partial charge in [0.05, 0.1) is 18.8 Å². The molecule has 2 aromatic carbocycles. The molecule has 35 heavy (non-hydrogen) atoms. The van der Waals surface area contributed by atoms with E-state index in [0.717, 1.165) is 28.9 Å². The minimum Gasteiger partial charge on any atom is -0.490 e. The maximum atomic E-state index is 13.6. The molecular weight excluding hydrogens is 442 g/mol. The Morgan fingerprint density at radius 1 is 1.14 bits per heavy atom. The molecule has 184 valence electrons. The van der Waals surface area contributed by atoms with Crippen LogP contribution in [0.3, 0.4) is 0 Å². The molecular formula is C27H33N5O3. The summed E-state index contributed by atoms with van der Waals surface area (Å²) in [6, 6.07) is 13.0. The number of aryl methyl sites for hydroxylation is 1. The van der Waals surface area contributed by atoms with Crippen LogP contribution in [0.5, 0.6) is 11.5 Å². The summed E-state index contributed by atoms with van der Waals surface area (Å²) in [4.78, 5) is 17.9. The highest BCUT2D eigenvalue weighted by Gasteiger charge is 2.34. The minimum atomic E-state index is -0.485. The van der Waals surface area contributed by atoms with Gasteiger partial charge in [-0.05, 0) is 68.5 Å². The van der Waals surface area contributed by atoms with Crippen LogP contribution in [0.1, 0.15) is 51.3 Å². The van der Waals surface area contributed by atoms with Gasteiger partial charge in [-0.25, -0.2) is 4.68 Å². The van der Waals surface area contributed by atoms with Gasteiger partial charge in [-0.15, -0.1) is 0 Å². The zero-order chi connectivity index (χ0) is 24.9. The third-order valence-corrected chi connectivity index (χ3v) is 5.85. The average molecular weight is 476 g/mol. The maximum absolute atomic E-state index is 13.6. The standard InChI is InChI=1S/C27H33N5O3/c1-6-34-22-11-10-20(15-23(22)35-13-12-17(2)3)25-24(19(5)30-27-28-16-29-32(25)27)26(33)31-21-9-7-8-18(4)14-21/h7-11,14-17,25H,6,12-13H2,1-5H3,(H,31,33)(H,28,29,30). The van der Waals surface area contributed by atoms with Crippen LogP contribution in [0.25, 0.3) is 0 Å². The Morgan fingerprint density at radius 2 is 1.97 bits per heavy atom. The highest BCUT2D eigenvalue weighted by Crippen LogP contribution is 2.39. The lowest BCUT2D eigenvalue weighted by Crippen LogP contribution is -2.31. The number of nitrogens with zero attached hydrogens (tertiary/aromatic N) is 3. The second-order valence-electron chi connectivity index (χ2n) is 9.09. The lowest BCUT2D eigenvalue weighted by atomic mass is 9.94. The first-order valence-electron chi connectivity index (χ1n) is 12.0. The van der Waals surface area contributed by atoms with Gasteiger partial charge >= 0.3 is 0 Å². The topological polar surface area (TPSA) is 90.3 Å². The number of benzene rings is 2. The Hall–Kier alpha value is -3.81. The first-order valence-corrected chi connectivity index (χ1v) is 12.0. The summed E-state index contributed by atoms with van der Waals surface area (Å²) in [6.45, 7) is 11.3. The molecule has 0 radical (unpaired) electrons. The summed E-state index contributed by atoms with van der Waals surface area (Å²) < 4.78 is 13.7. The van der Waals surface area contributed by atoms with E-state index >= 15 is 0 Å². The number of rotatable bonds is 9. The van der Waals surface area contributed by atoms with Crippen LogP contribution in [0.2, 0.25) is 0 Å². The number of nitrogens with one attached hydrogen (secondary N) is 2. The number of anilines is 2. The number of fused-ring (bicyclic) bond motifs is 1. The Morgan fingerprint density at radius 3 is 2.71 bits per heavy atom. The first-order chi connectivity index (χ1) is 16.9. The SMILES string of the molecule is CCOc1ccc(C2C(C(=O)Nc3cccc(C)c3)=C(C)Nc3ncnn32)cc1OCCC(C)C.